The number of hydrogen-bond acceptors (Lipinski definition) is 7. The van der Waals surface area contributed by atoms with Crippen LogP contribution in [0.4, 0.5) is 0 Å². The summed E-state index contributed by atoms with van der Waals surface area (Å²) in [5.41, 5.74) is 0.871. The molecule has 4 N–H and O–H groups in total. The highest BCUT2D eigenvalue weighted by atomic mass is 16.5. The fourth-order valence-corrected chi connectivity index (χ4v) is 1.20. The van der Waals surface area contributed by atoms with Gasteiger partial charge in [0.25, 0.3) is 0 Å². The van der Waals surface area contributed by atoms with Gasteiger partial charge in [0.1, 0.15) is 18.3 Å². The standard InChI is InChI=1S/C13H26O7/c1-10(2)4-18-6-12(16)8-20-9-13(17)7-19-5-11(15)3-14/h11-17H,1,3-9H2,2H3. The SMILES string of the molecule is C=C(C)COCC(O)COCC(O)COCC(O)CO. The van der Waals surface area contributed by atoms with Crippen molar-refractivity contribution in [1.82, 2.24) is 0 Å². The normalized spacial score (nSPS) is 15.8. The smallest absolute Gasteiger partial charge is 0.101 e. The first kappa shape index (κ1) is 19.5. The number of rotatable bonds is 13. The first-order valence-corrected chi connectivity index (χ1v) is 6.48. The van der Waals surface area contributed by atoms with Gasteiger partial charge < -0.3 is 34.6 Å². The molecule has 0 radical (unpaired) electrons. The molecule has 0 aliphatic rings. The summed E-state index contributed by atoms with van der Waals surface area (Å²) >= 11 is 0. The van der Waals surface area contributed by atoms with E-state index in [1.165, 1.54) is 0 Å². The fourth-order valence-electron chi connectivity index (χ4n) is 1.20. The van der Waals surface area contributed by atoms with E-state index >= 15 is 0 Å². The van der Waals surface area contributed by atoms with Crippen molar-refractivity contribution in [3.8, 4) is 0 Å². The van der Waals surface area contributed by atoms with E-state index in [1.807, 2.05) is 6.92 Å². The molecular weight excluding hydrogens is 268 g/mol. The third-order valence-corrected chi connectivity index (χ3v) is 2.11. The minimum Gasteiger partial charge on any atom is -0.394 e. The van der Waals surface area contributed by atoms with Gasteiger partial charge in [-0.25, -0.2) is 0 Å². The third kappa shape index (κ3) is 12.5. The summed E-state index contributed by atoms with van der Waals surface area (Å²) in [5.74, 6) is 0. The second-order valence-corrected chi connectivity index (χ2v) is 4.69. The molecule has 0 aromatic heterocycles. The molecule has 3 unspecified atom stereocenters. The molecule has 0 rings (SSSR count). The Balaban J connectivity index is 3.45. The van der Waals surface area contributed by atoms with E-state index in [2.05, 4.69) is 6.58 Å². The number of hydrogen-bond donors (Lipinski definition) is 4. The molecule has 0 aliphatic heterocycles. The zero-order valence-electron chi connectivity index (χ0n) is 11.9. The van der Waals surface area contributed by atoms with Crippen LogP contribution in [-0.4, -0.2) is 85.0 Å². The van der Waals surface area contributed by atoms with Crippen molar-refractivity contribution < 1.29 is 34.6 Å². The highest BCUT2D eigenvalue weighted by Crippen LogP contribution is 1.95. The van der Waals surface area contributed by atoms with Gasteiger partial charge in [-0.3, -0.25) is 0 Å². The summed E-state index contributed by atoms with van der Waals surface area (Å²) in [6, 6.07) is 0. The van der Waals surface area contributed by atoms with Gasteiger partial charge in [-0.05, 0) is 6.92 Å². The fraction of sp³-hybridized carbons (Fsp3) is 0.846. The molecule has 0 saturated carbocycles. The number of aliphatic hydroxyl groups excluding tert-OH is 4. The van der Waals surface area contributed by atoms with E-state index in [0.717, 1.165) is 5.57 Å². The van der Waals surface area contributed by atoms with Gasteiger partial charge in [-0.15, -0.1) is 0 Å². The van der Waals surface area contributed by atoms with Gasteiger partial charge in [0, 0.05) is 0 Å². The molecule has 0 fully saturated rings. The lowest BCUT2D eigenvalue weighted by Gasteiger charge is -2.15. The second-order valence-electron chi connectivity index (χ2n) is 4.69. The van der Waals surface area contributed by atoms with Gasteiger partial charge in [0.2, 0.25) is 0 Å². The molecule has 0 bridgehead atoms. The van der Waals surface area contributed by atoms with Crippen LogP contribution in [0, 0.1) is 0 Å². The van der Waals surface area contributed by atoms with Crippen LogP contribution in [-0.2, 0) is 14.2 Å². The zero-order valence-corrected chi connectivity index (χ0v) is 11.9. The van der Waals surface area contributed by atoms with Crippen molar-refractivity contribution in [2.75, 3.05) is 46.2 Å². The summed E-state index contributed by atoms with van der Waals surface area (Å²) < 4.78 is 15.2. The van der Waals surface area contributed by atoms with Crippen LogP contribution in [0.1, 0.15) is 6.92 Å². The maximum atomic E-state index is 9.50. The predicted octanol–water partition coefficient (Wildman–Crippen LogP) is -1.31. The van der Waals surface area contributed by atoms with Crippen LogP contribution in [0.3, 0.4) is 0 Å². The van der Waals surface area contributed by atoms with Crippen molar-refractivity contribution in [2.24, 2.45) is 0 Å². The molecule has 3 atom stereocenters. The summed E-state index contributed by atoms with van der Waals surface area (Å²) in [6.45, 7) is 5.63. The molecule has 0 aliphatic carbocycles. The quantitative estimate of drug-likeness (QED) is 0.312. The van der Waals surface area contributed by atoms with E-state index in [-0.39, 0.29) is 39.6 Å². The lowest BCUT2D eigenvalue weighted by atomic mass is 10.3. The Bertz CT molecular complexity index is 247. The summed E-state index contributed by atoms with van der Waals surface area (Å²) in [5, 5.41) is 36.5. The summed E-state index contributed by atoms with van der Waals surface area (Å²) in [4.78, 5) is 0. The van der Waals surface area contributed by atoms with E-state index in [9.17, 15) is 10.2 Å². The van der Waals surface area contributed by atoms with Crippen LogP contribution in [0.25, 0.3) is 0 Å². The molecule has 0 heterocycles. The Labute approximate surface area is 119 Å². The van der Waals surface area contributed by atoms with Gasteiger partial charge >= 0.3 is 0 Å². The first-order chi connectivity index (χ1) is 9.45. The Morgan fingerprint density at radius 3 is 1.65 bits per heavy atom. The predicted molar refractivity (Wildman–Crippen MR) is 72.4 cm³/mol. The average Bonchev–Trinajstić information content (AvgIpc) is 2.38. The molecule has 7 nitrogen and oxygen atoms in total. The Hall–Kier alpha value is -0.540. The zero-order chi connectivity index (χ0) is 15.4. The van der Waals surface area contributed by atoms with Crippen molar-refractivity contribution in [3.05, 3.63) is 12.2 Å². The maximum Gasteiger partial charge on any atom is 0.101 e. The first-order valence-electron chi connectivity index (χ1n) is 6.48. The van der Waals surface area contributed by atoms with E-state index in [1.54, 1.807) is 0 Å². The minimum atomic E-state index is -0.949. The largest absolute Gasteiger partial charge is 0.394 e. The second kappa shape index (κ2) is 12.2. The van der Waals surface area contributed by atoms with Crippen molar-refractivity contribution in [2.45, 2.75) is 25.2 Å². The molecule has 0 aromatic rings. The van der Waals surface area contributed by atoms with E-state index < -0.39 is 18.3 Å². The van der Waals surface area contributed by atoms with Crippen LogP contribution in [0.5, 0.6) is 0 Å². The summed E-state index contributed by atoms with van der Waals surface area (Å²) in [6.07, 6.45) is -2.57. The van der Waals surface area contributed by atoms with E-state index in [4.69, 9.17) is 24.4 Å². The topological polar surface area (TPSA) is 109 Å². The van der Waals surface area contributed by atoms with Crippen molar-refractivity contribution in [1.29, 1.82) is 0 Å². The van der Waals surface area contributed by atoms with Crippen LogP contribution in [0.2, 0.25) is 0 Å². The Morgan fingerprint density at radius 2 is 1.25 bits per heavy atom. The lowest BCUT2D eigenvalue weighted by molar-refractivity contribution is -0.0664. The molecule has 0 spiro atoms. The maximum absolute atomic E-state index is 9.50. The average molecular weight is 294 g/mol. The number of aliphatic hydroxyl groups is 4. The lowest BCUT2D eigenvalue weighted by Crippen LogP contribution is -2.29. The number of ether oxygens (including phenoxy) is 3. The van der Waals surface area contributed by atoms with Gasteiger partial charge in [-0.2, -0.15) is 0 Å². The van der Waals surface area contributed by atoms with Crippen LogP contribution >= 0.6 is 0 Å². The molecule has 0 amide bonds. The van der Waals surface area contributed by atoms with Gasteiger partial charge in [0.05, 0.1) is 46.2 Å². The summed E-state index contributed by atoms with van der Waals surface area (Å²) in [7, 11) is 0. The van der Waals surface area contributed by atoms with E-state index in [0.29, 0.717) is 6.61 Å². The molecule has 0 aromatic carbocycles. The Kier molecular flexibility index (Phi) is 11.9. The minimum absolute atomic E-state index is 0.00671. The van der Waals surface area contributed by atoms with Crippen molar-refractivity contribution in [3.63, 3.8) is 0 Å². The van der Waals surface area contributed by atoms with Gasteiger partial charge in [0.15, 0.2) is 0 Å². The molecular formula is C13H26O7. The van der Waals surface area contributed by atoms with Gasteiger partial charge in [-0.1, -0.05) is 12.2 Å². The molecule has 20 heavy (non-hydrogen) atoms. The third-order valence-electron chi connectivity index (χ3n) is 2.11. The molecule has 120 valence electrons. The van der Waals surface area contributed by atoms with Crippen molar-refractivity contribution >= 4 is 0 Å². The monoisotopic (exact) mass is 294 g/mol. The molecule has 0 saturated heterocycles. The highest BCUT2D eigenvalue weighted by Gasteiger charge is 2.09. The Morgan fingerprint density at radius 1 is 0.850 bits per heavy atom. The molecule has 7 heteroatoms. The van der Waals surface area contributed by atoms with Crippen LogP contribution < -0.4 is 0 Å². The highest BCUT2D eigenvalue weighted by molar-refractivity contribution is 4.87. The van der Waals surface area contributed by atoms with Crippen LogP contribution in [0.15, 0.2) is 12.2 Å².